The van der Waals surface area contributed by atoms with Gasteiger partial charge in [-0.2, -0.15) is 13.2 Å². The maximum absolute atomic E-state index is 13.0. The van der Waals surface area contributed by atoms with Gasteiger partial charge < -0.3 is 15.3 Å². The zero-order valence-electron chi connectivity index (χ0n) is 21.2. The van der Waals surface area contributed by atoms with E-state index in [4.69, 9.17) is 0 Å². The molecule has 0 bridgehead atoms. The van der Waals surface area contributed by atoms with Crippen LogP contribution in [0.15, 0.2) is 0 Å². The smallest absolute Gasteiger partial charge is 0.393 e. The first-order chi connectivity index (χ1) is 15.0. The number of halogens is 3. The van der Waals surface area contributed by atoms with Crippen LogP contribution in [0.1, 0.15) is 112 Å². The van der Waals surface area contributed by atoms with Crippen molar-refractivity contribution < 1.29 is 28.5 Å². The largest absolute Gasteiger partial charge is 0.428 e. The Bertz CT molecular complexity index is 700. The molecule has 0 amide bonds. The van der Waals surface area contributed by atoms with Crippen molar-refractivity contribution in [2.75, 3.05) is 0 Å². The van der Waals surface area contributed by atoms with E-state index in [0.29, 0.717) is 25.7 Å². The van der Waals surface area contributed by atoms with E-state index in [-0.39, 0.29) is 29.3 Å². The SMILES string of the molecule is CC(C)(O)CCCC(C)(CCC#CC(C)(O)C(F)(F)F)[C@H]1CCCC2C(O)CCCCC21C. The minimum atomic E-state index is -4.78. The molecule has 5 unspecified atom stereocenters. The van der Waals surface area contributed by atoms with Gasteiger partial charge in [0.2, 0.25) is 5.60 Å². The van der Waals surface area contributed by atoms with Crippen molar-refractivity contribution >= 4 is 0 Å². The second kappa shape index (κ2) is 10.5. The average molecular weight is 475 g/mol. The predicted octanol–water partition coefficient (Wildman–Crippen LogP) is 6.39. The predicted molar refractivity (Wildman–Crippen MR) is 125 cm³/mol. The summed E-state index contributed by atoms with van der Waals surface area (Å²) >= 11 is 0. The number of aliphatic hydroxyl groups is 3. The van der Waals surface area contributed by atoms with E-state index in [9.17, 15) is 28.5 Å². The van der Waals surface area contributed by atoms with Crippen LogP contribution >= 0.6 is 0 Å². The Hall–Kier alpha value is -0.770. The quantitative estimate of drug-likeness (QED) is 0.375. The number of rotatable bonds is 7. The first-order valence-corrected chi connectivity index (χ1v) is 12.7. The molecule has 2 rings (SSSR count). The molecule has 2 aliphatic carbocycles. The summed E-state index contributed by atoms with van der Waals surface area (Å²) in [6.45, 7) is 8.85. The number of hydrogen-bond acceptors (Lipinski definition) is 3. The topological polar surface area (TPSA) is 60.7 Å². The highest BCUT2D eigenvalue weighted by Gasteiger charge is 2.53. The maximum Gasteiger partial charge on any atom is 0.428 e. The summed E-state index contributed by atoms with van der Waals surface area (Å²) in [4.78, 5) is 0. The van der Waals surface area contributed by atoms with Crippen LogP contribution in [0.3, 0.4) is 0 Å². The first kappa shape index (κ1) is 28.5. The summed E-state index contributed by atoms with van der Waals surface area (Å²) in [5.41, 5.74) is -3.94. The van der Waals surface area contributed by atoms with Gasteiger partial charge in [-0.3, -0.25) is 0 Å². The van der Waals surface area contributed by atoms with Crippen LogP contribution in [0.4, 0.5) is 13.2 Å². The summed E-state index contributed by atoms with van der Waals surface area (Å²) in [5.74, 6) is 5.25. The fourth-order valence-corrected chi connectivity index (χ4v) is 6.71. The fourth-order valence-electron chi connectivity index (χ4n) is 6.71. The lowest BCUT2D eigenvalue weighted by atomic mass is 9.50. The van der Waals surface area contributed by atoms with Gasteiger partial charge in [0, 0.05) is 6.42 Å². The van der Waals surface area contributed by atoms with Crippen molar-refractivity contribution in [2.24, 2.45) is 22.7 Å². The van der Waals surface area contributed by atoms with Crippen LogP contribution in [-0.2, 0) is 0 Å². The van der Waals surface area contributed by atoms with Crippen molar-refractivity contribution in [3.8, 4) is 11.8 Å². The molecule has 2 aliphatic rings. The van der Waals surface area contributed by atoms with Crippen molar-refractivity contribution in [3.05, 3.63) is 0 Å². The first-order valence-electron chi connectivity index (χ1n) is 12.7. The Kier molecular flexibility index (Phi) is 9.02. The lowest BCUT2D eigenvalue weighted by Crippen LogP contribution is -2.49. The van der Waals surface area contributed by atoms with Crippen LogP contribution in [0, 0.1) is 34.5 Å². The summed E-state index contributed by atoms with van der Waals surface area (Å²) in [5, 5.41) is 30.8. The Labute approximate surface area is 198 Å². The van der Waals surface area contributed by atoms with Crippen LogP contribution in [-0.4, -0.2) is 38.8 Å². The molecule has 0 radical (unpaired) electrons. The molecule has 0 spiro atoms. The summed E-state index contributed by atoms with van der Waals surface area (Å²) in [6.07, 6.45) is 5.37. The average Bonchev–Trinajstić information content (AvgIpc) is 2.81. The number of aliphatic hydroxyl groups excluding tert-OH is 1. The lowest BCUT2D eigenvalue weighted by molar-refractivity contribution is -0.228. The minimum Gasteiger partial charge on any atom is -0.393 e. The molecule has 3 N–H and O–H groups in total. The number of fused-ring (bicyclic) bond motifs is 1. The Morgan fingerprint density at radius 3 is 2.18 bits per heavy atom. The maximum atomic E-state index is 13.0. The Morgan fingerprint density at radius 2 is 1.58 bits per heavy atom. The molecule has 0 aromatic heterocycles. The molecule has 3 nitrogen and oxygen atoms in total. The van der Waals surface area contributed by atoms with Gasteiger partial charge in [-0.25, -0.2) is 0 Å². The molecule has 0 saturated heterocycles. The summed E-state index contributed by atoms with van der Waals surface area (Å²) in [7, 11) is 0. The molecule has 2 fully saturated rings. The van der Waals surface area contributed by atoms with Crippen LogP contribution in [0.2, 0.25) is 0 Å². The van der Waals surface area contributed by atoms with Gasteiger partial charge in [-0.05, 0) is 88.4 Å². The molecular weight excluding hydrogens is 429 g/mol. The minimum absolute atomic E-state index is 0.0114. The summed E-state index contributed by atoms with van der Waals surface area (Å²) < 4.78 is 38.9. The van der Waals surface area contributed by atoms with Crippen molar-refractivity contribution in [1.29, 1.82) is 0 Å². The van der Waals surface area contributed by atoms with Crippen molar-refractivity contribution in [3.63, 3.8) is 0 Å². The molecule has 6 atom stereocenters. The Balaban J connectivity index is 2.28. The van der Waals surface area contributed by atoms with Crippen LogP contribution in [0.5, 0.6) is 0 Å². The van der Waals surface area contributed by atoms with Crippen LogP contribution in [0.25, 0.3) is 0 Å². The molecule has 0 aromatic rings. The van der Waals surface area contributed by atoms with Gasteiger partial charge in [0.15, 0.2) is 0 Å². The highest BCUT2D eigenvalue weighted by Crippen LogP contribution is 2.60. The van der Waals surface area contributed by atoms with E-state index < -0.39 is 17.4 Å². The van der Waals surface area contributed by atoms with Gasteiger partial charge in [0.25, 0.3) is 0 Å². The van der Waals surface area contributed by atoms with Gasteiger partial charge in [-0.1, -0.05) is 51.4 Å². The van der Waals surface area contributed by atoms with E-state index in [2.05, 4.69) is 19.8 Å². The van der Waals surface area contributed by atoms with Gasteiger partial charge in [0.1, 0.15) is 0 Å². The van der Waals surface area contributed by atoms with Crippen LogP contribution < -0.4 is 0 Å². The van der Waals surface area contributed by atoms with E-state index in [1.54, 1.807) is 13.8 Å². The zero-order valence-corrected chi connectivity index (χ0v) is 21.2. The molecule has 192 valence electrons. The number of alkyl halides is 3. The third-order valence-corrected chi connectivity index (χ3v) is 8.66. The van der Waals surface area contributed by atoms with Crippen molar-refractivity contribution in [1.82, 2.24) is 0 Å². The summed E-state index contributed by atoms with van der Waals surface area (Å²) in [6, 6.07) is 0. The molecule has 2 saturated carbocycles. The van der Waals surface area contributed by atoms with E-state index in [1.807, 2.05) is 5.92 Å². The molecule has 33 heavy (non-hydrogen) atoms. The highest BCUT2D eigenvalue weighted by molar-refractivity contribution is 5.15. The monoisotopic (exact) mass is 474 g/mol. The molecular formula is C27H45F3O3. The molecule has 0 heterocycles. The fraction of sp³-hybridized carbons (Fsp3) is 0.926. The molecule has 0 aromatic carbocycles. The highest BCUT2D eigenvalue weighted by atomic mass is 19.4. The lowest BCUT2D eigenvalue weighted by Gasteiger charge is -2.55. The van der Waals surface area contributed by atoms with Gasteiger partial charge in [0.05, 0.1) is 11.7 Å². The second-order valence-electron chi connectivity index (χ2n) is 12.1. The Morgan fingerprint density at radius 1 is 0.909 bits per heavy atom. The van der Waals surface area contributed by atoms with Gasteiger partial charge in [-0.15, -0.1) is 0 Å². The van der Waals surface area contributed by atoms with E-state index in [1.165, 1.54) is 0 Å². The molecule has 0 aliphatic heterocycles. The number of hydrogen-bond donors (Lipinski definition) is 3. The zero-order chi connectivity index (χ0) is 25.1. The third kappa shape index (κ3) is 7.12. The van der Waals surface area contributed by atoms with E-state index >= 15 is 0 Å². The standard InChI is InChI=1S/C27H45F3O3/c1-23(2,32)15-11-17-24(3,16-8-9-19-26(5,33)27(28,29)30)22-14-10-12-20-21(31)13-6-7-18-25(20,22)4/h20-22,31-33H,6-8,10-18H2,1-5H3/t20?,21?,22-,24?,25?,26?/m1/s1. The van der Waals surface area contributed by atoms with Gasteiger partial charge >= 0.3 is 6.18 Å². The van der Waals surface area contributed by atoms with E-state index in [0.717, 1.165) is 57.8 Å². The third-order valence-electron chi connectivity index (χ3n) is 8.66. The second-order valence-corrected chi connectivity index (χ2v) is 12.1. The normalized spacial score (nSPS) is 32.5. The molecule has 6 heteroatoms. The van der Waals surface area contributed by atoms with Crippen molar-refractivity contribution in [2.45, 2.75) is 135 Å².